The maximum atomic E-state index is 13.9. The molecule has 0 aliphatic heterocycles. The Hall–Kier alpha value is -3.92. The van der Waals surface area contributed by atoms with Crippen molar-refractivity contribution in [2.24, 2.45) is 0 Å². The number of halogens is 1. The molecule has 208 valence electrons. The third-order valence-corrected chi connectivity index (χ3v) is 8.00. The van der Waals surface area contributed by atoms with Crippen molar-refractivity contribution in [2.75, 3.05) is 24.5 Å². The largest absolute Gasteiger partial charge is 0.497 e. The lowest BCUT2D eigenvalue weighted by Crippen LogP contribution is -2.52. The lowest BCUT2D eigenvalue weighted by molar-refractivity contribution is -0.140. The fourth-order valence-electron chi connectivity index (χ4n) is 4.23. The van der Waals surface area contributed by atoms with Crippen LogP contribution in [-0.4, -0.2) is 51.4 Å². The maximum Gasteiger partial charge on any atom is 0.264 e. The molecule has 1 N–H and O–H groups in total. The van der Waals surface area contributed by atoms with E-state index in [1.54, 1.807) is 13.8 Å². The van der Waals surface area contributed by atoms with E-state index in [0.29, 0.717) is 18.7 Å². The van der Waals surface area contributed by atoms with Crippen LogP contribution >= 0.6 is 0 Å². The molecule has 0 radical (unpaired) electrons. The lowest BCUT2D eigenvalue weighted by atomic mass is 10.1. The van der Waals surface area contributed by atoms with Crippen LogP contribution in [-0.2, 0) is 26.2 Å². The molecule has 0 heterocycles. The normalized spacial score (nSPS) is 11.9. The summed E-state index contributed by atoms with van der Waals surface area (Å²) in [4.78, 5) is 28.2. The molecule has 3 aromatic rings. The number of amides is 2. The summed E-state index contributed by atoms with van der Waals surface area (Å²) in [7, 11) is -2.79. The highest BCUT2D eigenvalue weighted by Gasteiger charge is 2.33. The van der Waals surface area contributed by atoms with Crippen LogP contribution in [0.1, 0.15) is 31.4 Å². The number of carbonyl (C=O) groups excluding carboxylic acids is 2. The summed E-state index contributed by atoms with van der Waals surface area (Å²) < 4.78 is 47.4. The molecule has 2 amide bonds. The Kier molecular flexibility index (Phi) is 10.1. The number of carbonyl (C=O) groups is 2. The van der Waals surface area contributed by atoms with E-state index in [-0.39, 0.29) is 23.0 Å². The topological polar surface area (TPSA) is 96.0 Å². The molecule has 1 atom stereocenters. The lowest BCUT2D eigenvalue weighted by Gasteiger charge is -2.33. The van der Waals surface area contributed by atoms with E-state index in [4.69, 9.17) is 4.74 Å². The van der Waals surface area contributed by atoms with E-state index in [0.717, 1.165) is 27.6 Å². The summed E-state index contributed by atoms with van der Waals surface area (Å²) in [5, 5.41) is 2.77. The van der Waals surface area contributed by atoms with Gasteiger partial charge in [0.1, 0.15) is 24.2 Å². The molecule has 8 nitrogen and oxygen atoms in total. The van der Waals surface area contributed by atoms with Gasteiger partial charge >= 0.3 is 0 Å². The maximum absolute atomic E-state index is 13.9. The van der Waals surface area contributed by atoms with Gasteiger partial charge in [-0.3, -0.25) is 13.9 Å². The van der Waals surface area contributed by atoms with Crippen molar-refractivity contribution in [1.29, 1.82) is 0 Å². The Labute approximate surface area is 229 Å². The molecule has 0 saturated heterocycles. The van der Waals surface area contributed by atoms with E-state index < -0.39 is 34.3 Å². The summed E-state index contributed by atoms with van der Waals surface area (Å²) in [5.74, 6) is -0.978. The summed E-state index contributed by atoms with van der Waals surface area (Å²) in [6.07, 6.45) is 0.325. The van der Waals surface area contributed by atoms with Gasteiger partial charge < -0.3 is 15.0 Å². The van der Waals surface area contributed by atoms with Crippen molar-refractivity contribution < 1.29 is 27.1 Å². The molecule has 0 aliphatic rings. The Bertz CT molecular complexity index is 1380. The number of sulfonamides is 1. The number of hydrogen-bond donors (Lipinski definition) is 1. The summed E-state index contributed by atoms with van der Waals surface area (Å²) >= 11 is 0. The second-order valence-corrected chi connectivity index (χ2v) is 10.9. The van der Waals surface area contributed by atoms with Gasteiger partial charge in [-0.25, -0.2) is 12.8 Å². The smallest absolute Gasteiger partial charge is 0.264 e. The number of anilines is 1. The number of nitrogens with zero attached hydrogens (tertiary/aromatic N) is 2. The third kappa shape index (κ3) is 7.35. The summed E-state index contributed by atoms with van der Waals surface area (Å²) in [5.41, 5.74) is 1.90. The molecule has 1 unspecified atom stereocenters. The van der Waals surface area contributed by atoms with Crippen LogP contribution in [0.4, 0.5) is 10.1 Å². The number of rotatable bonds is 12. The number of aryl methyl sites for hydroxylation is 1. The Morgan fingerprint density at radius 3 is 2.23 bits per heavy atom. The first-order valence-electron chi connectivity index (χ1n) is 12.7. The minimum atomic E-state index is -4.26. The van der Waals surface area contributed by atoms with Crippen LogP contribution in [0.2, 0.25) is 0 Å². The third-order valence-electron chi connectivity index (χ3n) is 6.21. The van der Waals surface area contributed by atoms with E-state index in [2.05, 4.69) is 5.32 Å². The molecule has 10 heteroatoms. The quantitative estimate of drug-likeness (QED) is 0.360. The van der Waals surface area contributed by atoms with E-state index >= 15 is 0 Å². The van der Waals surface area contributed by atoms with E-state index in [9.17, 15) is 22.4 Å². The van der Waals surface area contributed by atoms with Crippen molar-refractivity contribution in [2.45, 2.75) is 44.7 Å². The first-order chi connectivity index (χ1) is 18.6. The highest BCUT2D eigenvalue weighted by atomic mass is 32.2. The average Bonchev–Trinajstić information content (AvgIpc) is 2.92. The molecule has 3 aromatic carbocycles. The predicted molar refractivity (Wildman–Crippen MR) is 148 cm³/mol. The van der Waals surface area contributed by atoms with Gasteiger partial charge in [0, 0.05) is 13.1 Å². The molecular weight excluding hydrogens is 521 g/mol. The zero-order chi connectivity index (χ0) is 28.6. The van der Waals surface area contributed by atoms with E-state index in [1.165, 1.54) is 48.4 Å². The van der Waals surface area contributed by atoms with Gasteiger partial charge in [0.2, 0.25) is 11.8 Å². The fourth-order valence-corrected chi connectivity index (χ4v) is 5.64. The molecule has 0 aromatic heterocycles. The molecular formula is C29H34FN3O5S. The molecule has 39 heavy (non-hydrogen) atoms. The fraction of sp³-hybridized carbons (Fsp3) is 0.310. The van der Waals surface area contributed by atoms with Gasteiger partial charge in [-0.1, -0.05) is 36.8 Å². The zero-order valence-corrected chi connectivity index (χ0v) is 23.4. The van der Waals surface area contributed by atoms with Gasteiger partial charge in [-0.15, -0.1) is 0 Å². The van der Waals surface area contributed by atoms with Crippen LogP contribution in [0, 0.1) is 12.7 Å². The molecule has 0 aliphatic carbocycles. The number of ether oxygens (including phenoxy) is 1. The highest BCUT2D eigenvalue weighted by molar-refractivity contribution is 7.92. The molecule has 0 saturated carbocycles. The minimum absolute atomic E-state index is 0.0681. The van der Waals surface area contributed by atoms with Crippen molar-refractivity contribution in [3.05, 3.63) is 89.7 Å². The van der Waals surface area contributed by atoms with Crippen LogP contribution in [0.5, 0.6) is 5.75 Å². The number of benzene rings is 3. The summed E-state index contributed by atoms with van der Waals surface area (Å²) in [6.45, 7) is 5.40. The van der Waals surface area contributed by atoms with Crippen molar-refractivity contribution in [1.82, 2.24) is 10.2 Å². The van der Waals surface area contributed by atoms with Crippen LogP contribution in [0.25, 0.3) is 0 Å². The SMILES string of the molecule is CCNC(=O)C(CC)N(Cc1cccc(C)c1)C(=O)CN(c1ccc(F)cc1)S(=O)(=O)c1ccc(OC)cc1. The average molecular weight is 556 g/mol. The van der Waals surface area contributed by atoms with Gasteiger partial charge in [-0.2, -0.15) is 0 Å². The van der Waals surface area contributed by atoms with Crippen molar-refractivity contribution in [3.63, 3.8) is 0 Å². The van der Waals surface area contributed by atoms with Crippen LogP contribution < -0.4 is 14.4 Å². The number of nitrogens with one attached hydrogen (secondary N) is 1. The number of methoxy groups -OCH3 is 1. The second-order valence-electron chi connectivity index (χ2n) is 8.99. The highest BCUT2D eigenvalue weighted by Crippen LogP contribution is 2.26. The van der Waals surface area contributed by atoms with Gasteiger partial charge in [-0.05, 0) is 74.4 Å². The Balaban J connectivity index is 2.05. The first-order valence-corrected chi connectivity index (χ1v) is 14.1. The molecule has 3 rings (SSSR count). The zero-order valence-electron chi connectivity index (χ0n) is 22.6. The standard InChI is InChI=1S/C29H34FN3O5S/c1-5-27(29(35)31-6-2)32(19-22-9-7-8-21(3)18-22)28(34)20-33(24-12-10-23(30)11-13-24)39(36,37)26-16-14-25(38-4)15-17-26/h7-18,27H,5-6,19-20H2,1-4H3,(H,31,35). The minimum Gasteiger partial charge on any atom is -0.497 e. The predicted octanol–water partition coefficient (Wildman–Crippen LogP) is 4.28. The van der Waals surface area contributed by atoms with Crippen LogP contribution in [0.15, 0.2) is 77.7 Å². The Morgan fingerprint density at radius 1 is 1.00 bits per heavy atom. The van der Waals surface area contributed by atoms with E-state index in [1.807, 2.05) is 31.2 Å². The molecule has 0 fully saturated rings. The van der Waals surface area contributed by atoms with Crippen molar-refractivity contribution in [3.8, 4) is 5.75 Å². The van der Waals surface area contributed by atoms with Gasteiger partial charge in [0.15, 0.2) is 0 Å². The Morgan fingerprint density at radius 2 is 1.67 bits per heavy atom. The second kappa shape index (κ2) is 13.2. The van der Waals surface area contributed by atoms with Crippen LogP contribution in [0.3, 0.4) is 0 Å². The van der Waals surface area contributed by atoms with Gasteiger partial charge in [0.05, 0.1) is 17.7 Å². The molecule has 0 bridgehead atoms. The summed E-state index contributed by atoms with van der Waals surface area (Å²) in [6, 6.07) is 17.4. The van der Waals surface area contributed by atoms with Crippen molar-refractivity contribution >= 4 is 27.5 Å². The molecule has 0 spiro atoms. The van der Waals surface area contributed by atoms with Gasteiger partial charge in [0.25, 0.3) is 10.0 Å². The number of likely N-dealkylation sites (N-methyl/N-ethyl adjacent to an activating group) is 1. The first kappa shape index (κ1) is 29.6. The monoisotopic (exact) mass is 555 g/mol. The number of hydrogen-bond acceptors (Lipinski definition) is 5.